The number of piperidine rings is 1. The van der Waals surface area contributed by atoms with Crippen molar-refractivity contribution in [3.05, 3.63) is 62.1 Å². The molecular formula is C21H21F2N3O3S. The van der Waals surface area contributed by atoms with Crippen LogP contribution in [0.5, 0.6) is 0 Å². The van der Waals surface area contributed by atoms with Gasteiger partial charge in [0.1, 0.15) is 22.9 Å². The summed E-state index contributed by atoms with van der Waals surface area (Å²) in [5.41, 5.74) is -1.34. The van der Waals surface area contributed by atoms with Gasteiger partial charge in [-0.05, 0) is 41.8 Å². The number of aromatic nitrogens is 2. The van der Waals surface area contributed by atoms with E-state index in [2.05, 4.69) is 13.8 Å². The highest BCUT2D eigenvalue weighted by atomic mass is 32.1. The van der Waals surface area contributed by atoms with E-state index >= 15 is 0 Å². The Hall–Kier alpha value is -2.81. The van der Waals surface area contributed by atoms with Crippen LogP contribution in [0.15, 0.2) is 39.2 Å². The molecule has 1 saturated heterocycles. The normalized spacial score (nSPS) is 19.4. The minimum Gasteiger partial charge on any atom is -0.341 e. The maximum absolute atomic E-state index is 13.7. The number of rotatable bonds is 3. The molecule has 1 aromatic carbocycles. The van der Waals surface area contributed by atoms with Crippen LogP contribution in [0.4, 0.5) is 8.78 Å². The van der Waals surface area contributed by atoms with Gasteiger partial charge in [0.05, 0.1) is 11.2 Å². The molecule has 2 atom stereocenters. The van der Waals surface area contributed by atoms with Crippen LogP contribution in [-0.4, -0.2) is 33.0 Å². The number of fused-ring (bicyclic) bond motifs is 1. The average molecular weight is 433 g/mol. The molecule has 3 aromatic rings. The Labute approximate surface area is 175 Å². The summed E-state index contributed by atoms with van der Waals surface area (Å²) in [7, 11) is 0. The maximum Gasteiger partial charge on any atom is 0.336 e. The van der Waals surface area contributed by atoms with E-state index in [0.717, 1.165) is 34.5 Å². The second-order valence-corrected chi connectivity index (χ2v) is 8.93. The summed E-state index contributed by atoms with van der Waals surface area (Å²) in [6.07, 6.45) is 1.04. The molecule has 9 heteroatoms. The number of amides is 1. The minimum atomic E-state index is -0.901. The van der Waals surface area contributed by atoms with Crippen molar-refractivity contribution in [2.45, 2.75) is 26.8 Å². The molecule has 158 valence electrons. The van der Waals surface area contributed by atoms with Gasteiger partial charge in [0, 0.05) is 19.2 Å². The van der Waals surface area contributed by atoms with E-state index < -0.39 is 22.9 Å². The first kappa shape index (κ1) is 20.5. The molecule has 30 heavy (non-hydrogen) atoms. The molecule has 1 aliphatic heterocycles. The molecule has 1 aliphatic rings. The molecule has 0 radical (unpaired) electrons. The number of carbonyl (C=O) groups excluding carboxylic acids is 1. The highest BCUT2D eigenvalue weighted by molar-refractivity contribution is 7.17. The quantitative estimate of drug-likeness (QED) is 0.638. The second-order valence-electron chi connectivity index (χ2n) is 8.02. The summed E-state index contributed by atoms with van der Waals surface area (Å²) in [5.74, 6) is -1.30. The first-order valence-electron chi connectivity index (χ1n) is 9.72. The Bertz CT molecular complexity index is 1220. The van der Waals surface area contributed by atoms with Crippen LogP contribution < -0.4 is 11.2 Å². The fraction of sp³-hybridized carbons (Fsp3) is 0.381. The van der Waals surface area contributed by atoms with E-state index in [1.807, 2.05) is 0 Å². The lowest BCUT2D eigenvalue weighted by Gasteiger charge is -2.35. The van der Waals surface area contributed by atoms with Crippen molar-refractivity contribution >= 4 is 27.5 Å². The second kappa shape index (κ2) is 7.79. The highest BCUT2D eigenvalue weighted by Crippen LogP contribution is 2.22. The van der Waals surface area contributed by atoms with Gasteiger partial charge in [-0.2, -0.15) is 0 Å². The Kier molecular flexibility index (Phi) is 5.31. The van der Waals surface area contributed by atoms with Gasteiger partial charge < -0.3 is 4.90 Å². The average Bonchev–Trinajstić information content (AvgIpc) is 3.13. The van der Waals surface area contributed by atoms with E-state index in [0.29, 0.717) is 36.5 Å². The number of hydrogen-bond donors (Lipinski definition) is 0. The van der Waals surface area contributed by atoms with Gasteiger partial charge >= 0.3 is 5.69 Å². The van der Waals surface area contributed by atoms with Crippen molar-refractivity contribution in [3.63, 3.8) is 0 Å². The third kappa shape index (κ3) is 3.69. The van der Waals surface area contributed by atoms with Crippen LogP contribution in [0.2, 0.25) is 0 Å². The van der Waals surface area contributed by atoms with Gasteiger partial charge in [-0.3, -0.25) is 14.2 Å². The Balaban J connectivity index is 1.82. The number of carbonyl (C=O) groups is 1. The first-order valence-corrected chi connectivity index (χ1v) is 10.6. The highest BCUT2D eigenvalue weighted by Gasteiger charge is 2.27. The molecule has 2 aromatic heterocycles. The van der Waals surface area contributed by atoms with E-state index in [9.17, 15) is 23.2 Å². The standard InChI is InChI=1S/C21H21F2N3O3S/c1-12-5-13(2)10-24(9-12)18(27)11-25-17-3-4-30-19(17)20(28)26(21(25)29)16-7-14(22)6-15(23)8-16/h3-4,6-8,12-13H,5,9-11H2,1-2H3/t12-,13-/m0/s1. The van der Waals surface area contributed by atoms with Gasteiger partial charge in [-0.15, -0.1) is 11.3 Å². The monoisotopic (exact) mass is 433 g/mol. The Morgan fingerprint density at radius 3 is 2.37 bits per heavy atom. The molecule has 1 fully saturated rings. The Morgan fingerprint density at radius 2 is 1.73 bits per heavy atom. The molecule has 4 rings (SSSR count). The van der Waals surface area contributed by atoms with Gasteiger partial charge in [0.2, 0.25) is 5.91 Å². The molecule has 1 amide bonds. The summed E-state index contributed by atoms with van der Waals surface area (Å²) in [6.45, 7) is 5.14. The molecule has 0 spiro atoms. The van der Waals surface area contributed by atoms with E-state index in [4.69, 9.17) is 0 Å². The van der Waals surface area contributed by atoms with Crippen molar-refractivity contribution in [2.75, 3.05) is 13.1 Å². The summed E-state index contributed by atoms with van der Waals surface area (Å²) in [5, 5.41) is 1.65. The smallest absolute Gasteiger partial charge is 0.336 e. The largest absolute Gasteiger partial charge is 0.341 e. The van der Waals surface area contributed by atoms with Crippen molar-refractivity contribution < 1.29 is 13.6 Å². The molecule has 0 unspecified atom stereocenters. The van der Waals surface area contributed by atoms with Crippen LogP contribution >= 0.6 is 11.3 Å². The zero-order valence-electron chi connectivity index (χ0n) is 16.6. The van der Waals surface area contributed by atoms with Crippen LogP contribution in [0.3, 0.4) is 0 Å². The SMILES string of the molecule is C[C@H]1C[C@H](C)CN(C(=O)Cn2c(=O)n(-c3cc(F)cc(F)c3)c(=O)c3sccc32)C1. The Morgan fingerprint density at radius 1 is 1.10 bits per heavy atom. The van der Waals surface area contributed by atoms with Gasteiger partial charge in [0.15, 0.2) is 0 Å². The van der Waals surface area contributed by atoms with Crippen LogP contribution in [0.1, 0.15) is 20.3 Å². The fourth-order valence-corrected chi connectivity index (χ4v) is 5.06. The van der Waals surface area contributed by atoms with Crippen molar-refractivity contribution in [1.82, 2.24) is 14.0 Å². The predicted octanol–water partition coefficient (Wildman–Crippen LogP) is 3.00. The zero-order valence-corrected chi connectivity index (χ0v) is 17.4. The number of thiophene rings is 1. The van der Waals surface area contributed by atoms with E-state index in [1.165, 1.54) is 4.57 Å². The maximum atomic E-state index is 13.7. The number of hydrogen-bond acceptors (Lipinski definition) is 4. The molecule has 6 nitrogen and oxygen atoms in total. The van der Waals surface area contributed by atoms with Crippen LogP contribution in [-0.2, 0) is 11.3 Å². The van der Waals surface area contributed by atoms with Crippen LogP contribution in [0.25, 0.3) is 15.9 Å². The lowest BCUT2D eigenvalue weighted by atomic mass is 9.92. The number of nitrogens with zero attached hydrogens (tertiary/aromatic N) is 3. The molecule has 3 heterocycles. The number of halogens is 2. The van der Waals surface area contributed by atoms with Crippen molar-refractivity contribution in [2.24, 2.45) is 11.8 Å². The van der Waals surface area contributed by atoms with Gasteiger partial charge in [-0.25, -0.2) is 18.1 Å². The molecule has 0 aliphatic carbocycles. The lowest BCUT2D eigenvalue weighted by molar-refractivity contribution is -0.134. The van der Waals surface area contributed by atoms with Crippen molar-refractivity contribution in [3.8, 4) is 5.69 Å². The molecule has 0 N–H and O–H groups in total. The molecular weight excluding hydrogens is 412 g/mol. The van der Waals surface area contributed by atoms with Gasteiger partial charge in [0.25, 0.3) is 5.56 Å². The summed E-state index contributed by atoms with van der Waals surface area (Å²) in [4.78, 5) is 40.8. The fourth-order valence-electron chi connectivity index (χ4n) is 4.24. The van der Waals surface area contributed by atoms with E-state index in [-0.39, 0.29) is 22.8 Å². The predicted molar refractivity (Wildman–Crippen MR) is 111 cm³/mol. The zero-order chi connectivity index (χ0) is 21.6. The molecule has 0 bridgehead atoms. The van der Waals surface area contributed by atoms with Crippen molar-refractivity contribution in [1.29, 1.82) is 0 Å². The number of likely N-dealkylation sites (tertiary alicyclic amines) is 1. The summed E-state index contributed by atoms with van der Waals surface area (Å²) >= 11 is 1.11. The minimum absolute atomic E-state index is 0.209. The van der Waals surface area contributed by atoms with E-state index in [1.54, 1.807) is 16.3 Å². The first-order chi connectivity index (χ1) is 14.2. The third-order valence-electron chi connectivity index (χ3n) is 5.38. The lowest BCUT2D eigenvalue weighted by Crippen LogP contribution is -2.46. The summed E-state index contributed by atoms with van der Waals surface area (Å²) < 4.78 is 29.6. The molecule has 0 saturated carbocycles. The van der Waals surface area contributed by atoms with Crippen LogP contribution in [0, 0.1) is 23.5 Å². The summed E-state index contributed by atoms with van der Waals surface area (Å²) in [6, 6.07) is 4.12. The topological polar surface area (TPSA) is 64.3 Å². The third-order valence-corrected chi connectivity index (χ3v) is 6.27. The van der Waals surface area contributed by atoms with Gasteiger partial charge in [-0.1, -0.05) is 13.8 Å². The number of benzene rings is 1.